The summed E-state index contributed by atoms with van der Waals surface area (Å²) in [7, 11) is 0. The molecule has 1 aliphatic heterocycles. The lowest BCUT2D eigenvalue weighted by molar-refractivity contribution is -0.160. The zero-order chi connectivity index (χ0) is 17.8. The van der Waals surface area contributed by atoms with Gasteiger partial charge in [-0.05, 0) is 44.2 Å². The Morgan fingerprint density at radius 1 is 1.24 bits per heavy atom. The quantitative estimate of drug-likeness (QED) is 0.660. The van der Waals surface area contributed by atoms with Crippen molar-refractivity contribution in [3.05, 3.63) is 42.0 Å². The van der Waals surface area contributed by atoms with Crippen molar-refractivity contribution < 1.29 is 19.1 Å². The number of anilines is 1. The number of nitrogens with one attached hydrogen (secondary N) is 1. The second-order valence-corrected chi connectivity index (χ2v) is 6.84. The zero-order valence-electron chi connectivity index (χ0n) is 14.4. The Morgan fingerprint density at radius 2 is 2.00 bits per heavy atom. The average molecular weight is 341 g/mol. The number of hydrogen-bond acceptors (Lipinski definition) is 4. The molecule has 1 saturated heterocycles. The SMILES string of the molecule is CC(=O)CCC1=C[C@H]2CCOC(=O)[C@H]2[C@@H](C(=O)Nc2ccccc2)C1. The van der Waals surface area contributed by atoms with Crippen LogP contribution in [0.25, 0.3) is 0 Å². The number of ether oxygens (including phenoxy) is 1. The molecule has 0 spiro atoms. The third-order valence-electron chi connectivity index (χ3n) is 4.97. The molecule has 0 saturated carbocycles. The maximum absolute atomic E-state index is 12.8. The lowest BCUT2D eigenvalue weighted by Gasteiger charge is -2.37. The summed E-state index contributed by atoms with van der Waals surface area (Å²) in [6.45, 7) is 1.97. The van der Waals surface area contributed by atoms with Crippen molar-refractivity contribution in [2.24, 2.45) is 17.8 Å². The van der Waals surface area contributed by atoms with Crippen LogP contribution in [0.5, 0.6) is 0 Å². The van der Waals surface area contributed by atoms with Crippen LogP contribution in [0.15, 0.2) is 42.0 Å². The van der Waals surface area contributed by atoms with E-state index in [1.165, 1.54) is 0 Å². The number of rotatable bonds is 5. The molecule has 1 N–H and O–H groups in total. The topological polar surface area (TPSA) is 72.5 Å². The van der Waals surface area contributed by atoms with Gasteiger partial charge >= 0.3 is 5.97 Å². The van der Waals surface area contributed by atoms with Gasteiger partial charge in [-0.1, -0.05) is 29.8 Å². The molecule has 132 valence electrons. The van der Waals surface area contributed by atoms with E-state index in [4.69, 9.17) is 4.74 Å². The molecule has 1 aliphatic carbocycles. The molecule has 1 heterocycles. The van der Waals surface area contributed by atoms with E-state index in [1.807, 2.05) is 30.3 Å². The largest absolute Gasteiger partial charge is 0.465 e. The minimum absolute atomic E-state index is 0.0171. The minimum atomic E-state index is -0.454. The molecule has 25 heavy (non-hydrogen) atoms. The molecule has 5 nitrogen and oxygen atoms in total. The number of allylic oxidation sites excluding steroid dienone is 2. The molecule has 1 aromatic rings. The predicted octanol–water partition coefficient (Wildman–Crippen LogP) is 3.12. The lowest BCUT2D eigenvalue weighted by Crippen LogP contribution is -2.44. The summed E-state index contributed by atoms with van der Waals surface area (Å²) >= 11 is 0. The average Bonchev–Trinajstić information content (AvgIpc) is 2.60. The van der Waals surface area contributed by atoms with E-state index in [1.54, 1.807) is 6.92 Å². The van der Waals surface area contributed by atoms with Crippen LogP contribution in [0.4, 0.5) is 5.69 Å². The number of benzene rings is 1. The van der Waals surface area contributed by atoms with Crippen molar-refractivity contribution in [3.8, 4) is 0 Å². The third-order valence-corrected chi connectivity index (χ3v) is 4.97. The van der Waals surface area contributed by atoms with Crippen LogP contribution in [-0.4, -0.2) is 24.3 Å². The number of Topliss-reactive ketones (excluding diaryl/α,β-unsaturated/α-hetero) is 1. The van der Waals surface area contributed by atoms with Gasteiger partial charge in [-0.25, -0.2) is 0 Å². The van der Waals surface area contributed by atoms with E-state index in [-0.39, 0.29) is 23.6 Å². The molecule has 1 aromatic carbocycles. The Hall–Kier alpha value is -2.43. The van der Waals surface area contributed by atoms with Gasteiger partial charge in [0, 0.05) is 12.1 Å². The highest BCUT2D eigenvalue weighted by molar-refractivity contribution is 5.96. The molecule has 0 aromatic heterocycles. The van der Waals surface area contributed by atoms with E-state index in [2.05, 4.69) is 11.4 Å². The van der Waals surface area contributed by atoms with Crippen LogP contribution < -0.4 is 5.32 Å². The van der Waals surface area contributed by atoms with Crippen LogP contribution in [0.2, 0.25) is 0 Å². The number of fused-ring (bicyclic) bond motifs is 1. The van der Waals surface area contributed by atoms with Crippen molar-refractivity contribution >= 4 is 23.3 Å². The van der Waals surface area contributed by atoms with Crippen LogP contribution in [0.3, 0.4) is 0 Å². The predicted molar refractivity (Wildman–Crippen MR) is 93.7 cm³/mol. The zero-order valence-corrected chi connectivity index (χ0v) is 14.4. The van der Waals surface area contributed by atoms with Gasteiger partial charge in [-0.15, -0.1) is 0 Å². The van der Waals surface area contributed by atoms with Gasteiger partial charge in [0.05, 0.1) is 18.4 Å². The first-order valence-corrected chi connectivity index (χ1v) is 8.76. The normalized spacial score (nSPS) is 25.4. The Morgan fingerprint density at radius 3 is 2.72 bits per heavy atom. The molecule has 5 heteroatoms. The maximum Gasteiger partial charge on any atom is 0.310 e. The lowest BCUT2D eigenvalue weighted by atomic mass is 9.70. The molecule has 1 fully saturated rings. The summed E-state index contributed by atoms with van der Waals surface area (Å²) < 4.78 is 5.21. The number of esters is 1. The fourth-order valence-electron chi connectivity index (χ4n) is 3.71. The smallest absolute Gasteiger partial charge is 0.310 e. The van der Waals surface area contributed by atoms with Gasteiger partial charge in [0.15, 0.2) is 0 Å². The first-order chi connectivity index (χ1) is 12.0. The summed E-state index contributed by atoms with van der Waals surface area (Å²) in [4.78, 5) is 36.4. The van der Waals surface area contributed by atoms with Crippen LogP contribution in [0.1, 0.15) is 32.6 Å². The number of carbonyl (C=O) groups excluding carboxylic acids is 3. The highest BCUT2D eigenvalue weighted by Gasteiger charge is 2.44. The van der Waals surface area contributed by atoms with Crippen molar-refractivity contribution in [2.75, 3.05) is 11.9 Å². The number of carbonyl (C=O) groups is 3. The molecule has 0 unspecified atom stereocenters. The van der Waals surface area contributed by atoms with Gasteiger partial charge < -0.3 is 14.8 Å². The molecular formula is C20H23NO4. The van der Waals surface area contributed by atoms with E-state index in [0.717, 1.165) is 12.0 Å². The van der Waals surface area contributed by atoms with Crippen molar-refractivity contribution in [2.45, 2.75) is 32.6 Å². The van der Waals surface area contributed by atoms with Crippen LogP contribution in [-0.2, 0) is 19.1 Å². The van der Waals surface area contributed by atoms with Crippen LogP contribution >= 0.6 is 0 Å². The first kappa shape index (κ1) is 17.4. The fourth-order valence-corrected chi connectivity index (χ4v) is 3.71. The molecule has 0 radical (unpaired) electrons. The number of hydrogen-bond donors (Lipinski definition) is 1. The molecule has 1 amide bonds. The summed E-state index contributed by atoms with van der Waals surface area (Å²) in [5, 5.41) is 2.91. The van der Waals surface area contributed by atoms with Gasteiger partial charge in [0.1, 0.15) is 5.78 Å². The first-order valence-electron chi connectivity index (χ1n) is 8.76. The van der Waals surface area contributed by atoms with E-state index in [0.29, 0.717) is 31.6 Å². The van der Waals surface area contributed by atoms with E-state index >= 15 is 0 Å². The summed E-state index contributed by atoms with van der Waals surface area (Å²) in [6.07, 6.45) is 4.46. The highest BCUT2D eigenvalue weighted by atomic mass is 16.5. The van der Waals surface area contributed by atoms with E-state index in [9.17, 15) is 14.4 Å². The van der Waals surface area contributed by atoms with Crippen molar-refractivity contribution in [1.29, 1.82) is 0 Å². The Kier molecular flexibility index (Phi) is 5.31. The van der Waals surface area contributed by atoms with Crippen molar-refractivity contribution in [3.63, 3.8) is 0 Å². The second kappa shape index (κ2) is 7.64. The minimum Gasteiger partial charge on any atom is -0.465 e. The second-order valence-electron chi connectivity index (χ2n) is 6.84. The summed E-state index contributed by atoms with van der Waals surface area (Å²) in [5.74, 6) is -1.18. The fraction of sp³-hybridized carbons (Fsp3) is 0.450. The highest BCUT2D eigenvalue weighted by Crippen LogP contribution is 2.40. The summed E-state index contributed by atoms with van der Waals surface area (Å²) in [6, 6.07) is 9.24. The van der Waals surface area contributed by atoms with Gasteiger partial charge in [-0.2, -0.15) is 0 Å². The monoisotopic (exact) mass is 341 g/mol. The van der Waals surface area contributed by atoms with Crippen LogP contribution in [0, 0.1) is 17.8 Å². The molecular weight excluding hydrogens is 318 g/mol. The molecule has 3 rings (SSSR count). The number of cyclic esters (lactones) is 1. The van der Waals surface area contributed by atoms with Crippen molar-refractivity contribution in [1.82, 2.24) is 0 Å². The van der Waals surface area contributed by atoms with Gasteiger partial charge in [0.25, 0.3) is 0 Å². The number of amides is 1. The molecule has 3 atom stereocenters. The number of ketones is 1. The standard InChI is InChI=1S/C20H23NO4/c1-13(22)7-8-14-11-15-9-10-25-20(24)18(15)17(12-14)19(23)21-16-5-3-2-4-6-16/h2-6,11,15,17-18H,7-10,12H2,1H3,(H,21,23)/t15-,17+,18-/m1/s1. The van der Waals surface area contributed by atoms with E-state index < -0.39 is 11.8 Å². The molecule has 2 aliphatic rings. The Balaban J connectivity index is 1.79. The Bertz CT molecular complexity index is 695. The van der Waals surface area contributed by atoms with Gasteiger partial charge in [-0.3, -0.25) is 9.59 Å². The third kappa shape index (κ3) is 4.16. The molecule has 0 bridgehead atoms. The van der Waals surface area contributed by atoms with Gasteiger partial charge in [0.2, 0.25) is 5.91 Å². The Labute approximate surface area is 147 Å². The maximum atomic E-state index is 12.8. The summed E-state index contributed by atoms with van der Waals surface area (Å²) in [5.41, 5.74) is 1.81. The number of para-hydroxylation sites is 1.